The van der Waals surface area contributed by atoms with Crippen LogP contribution in [-0.4, -0.2) is 59.1 Å². The number of likely N-dealkylation sites (tertiary alicyclic amines) is 1. The summed E-state index contributed by atoms with van der Waals surface area (Å²) in [6, 6.07) is 26.3. The fourth-order valence-corrected chi connectivity index (χ4v) is 4.70. The Labute approximate surface area is 218 Å². The SMILES string of the molecule is COc1ccc(CN2C(=O)[C@@H](OCc3ccccc3)[C@H](OCc3ccccc3)[C@H]2[C@@H](O)CCCO)cc1. The number of aliphatic hydroxyl groups excluding tert-OH is 2. The molecule has 196 valence electrons. The molecule has 1 amide bonds. The Morgan fingerprint density at radius 3 is 2.00 bits per heavy atom. The molecular weight excluding hydrogens is 470 g/mol. The summed E-state index contributed by atoms with van der Waals surface area (Å²) in [4.78, 5) is 15.5. The summed E-state index contributed by atoms with van der Waals surface area (Å²) in [5, 5.41) is 20.6. The molecule has 37 heavy (non-hydrogen) atoms. The molecule has 3 aromatic rings. The van der Waals surface area contributed by atoms with Gasteiger partial charge in [0.25, 0.3) is 5.91 Å². The van der Waals surface area contributed by atoms with Gasteiger partial charge in [-0.1, -0.05) is 72.8 Å². The summed E-state index contributed by atoms with van der Waals surface area (Å²) >= 11 is 0. The van der Waals surface area contributed by atoms with Gasteiger partial charge < -0.3 is 29.3 Å². The lowest BCUT2D eigenvalue weighted by atomic mass is 9.99. The highest BCUT2D eigenvalue weighted by Crippen LogP contribution is 2.32. The van der Waals surface area contributed by atoms with Crippen LogP contribution in [0.4, 0.5) is 0 Å². The Kier molecular flexibility index (Phi) is 9.68. The minimum Gasteiger partial charge on any atom is -0.497 e. The third-order valence-corrected chi connectivity index (χ3v) is 6.64. The molecule has 0 radical (unpaired) electrons. The molecule has 0 bridgehead atoms. The van der Waals surface area contributed by atoms with Crippen LogP contribution in [0, 0.1) is 0 Å². The number of amides is 1. The zero-order valence-electron chi connectivity index (χ0n) is 21.1. The van der Waals surface area contributed by atoms with E-state index in [0.717, 1.165) is 22.4 Å². The summed E-state index contributed by atoms with van der Waals surface area (Å²) in [5.41, 5.74) is 2.82. The van der Waals surface area contributed by atoms with E-state index in [2.05, 4.69) is 0 Å². The average Bonchev–Trinajstić information content (AvgIpc) is 3.20. The van der Waals surface area contributed by atoms with Crippen LogP contribution in [-0.2, 0) is 34.0 Å². The van der Waals surface area contributed by atoms with Gasteiger partial charge in [0.05, 0.1) is 32.5 Å². The van der Waals surface area contributed by atoms with E-state index < -0.39 is 24.4 Å². The quantitative estimate of drug-likeness (QED) is 0.368. The van der Waals surface area contributed by atoms with Gasteiger partial charge in [0.2, 0.25) is 0 Å². The topological polar surface area (TPSA) is 88.5 Å². The first-order valence-corrected chi connectivity index (χ1v) is 12.6. The molecule has 7 nitrogen and oxygen atoms in total. The molecular formula is C30H35NO6. The largest absolute Gasteiger partial charge is 0.497 e. The number of carbonyl (C=O) groups is 1. The van der Waals surface area contributed by atoms with E-state index in [0.29, 0.717) is 19.4 Å². The van der Waals surface area contributed by atoms with Crippen molar-refractivity contribution in [3.05, 3.63) is 102 Å². The minimum absolute atomic E-state index is 0.0420. The minimum atomic E-state index is -0.888. The lowest BCUT2D eigenvalue weighted by Crippen LogP contribution is -2.46. The zero-order chi connectivity index (χ0) is 26.0. The number of nitrogens with zero attached hydrogens (tertiary/aromatic N) is 1. The standard InChI is InChI=1S/C30H35NO6/c1-35-25-16-14-22(15-17-25)19-31-27(26(33)13-8-18-32)28(36-20-23-9-4-2-5-10-23)29(30(31)34)37-21-24-11-6-3-7-12-24/h2-7,9-12,14-17,26-29,32-33H,8,13,18-21H2,1H3/t26-,27+,28+,29-/m0/s1. The van der Waals surface area contributed by atoms with Gasteiger partial charge in [-0.25, -0.2) is 0 Å². The number of carbonyl (C=O) groups excluding carboxylic acids is 1. The van der Waals surface area contributed by atoms with E-state index >= 15 is 0 Å². The van der Waals surface area contributed by atoms with Crippen molar-refractivity contribution in [3.63, 3.8) is 0 Å². The van der Waals surface area contributed by atoms with Gasteiger partial charge in [-0.15, -0.1) is 0 Å². The molecule has 7 heteroatoms. The van der Waals surface area contributed by atoms with Crippen molar-refractivity contribution < 1.29 is 29.2 Å². The van der Waals surface area contributed by atoms with E-state index in [1.807, 2.05) is 84.9 Å². The van der Waals surface area contributed by atoms with Crippen molar-refractivity contribution >= 4 is 5.91 Å². The van der Waals surface area contributed by atoms with E-state index in [9.17, 15) is 15.0 Å². The smallest absolute Gasteiger partial charge is 0.255 e. The first kappa shape index (κ1) is 26.8. The highest BCUT2D eigenvalue weighted by Gasteiger charge is 2.52. The van der Waals surface area contributed by atoms with Crippen molar-refractivity contribution in [2.24, 2.45) is 0 Å². The van der Waals surface area contributed by atoms with E-state index in [-0.39, 0.29) is 25.7 Å². The summed E-state index contributed by atoms with van der Waals surface area (Å²) in [7, 11) is 1.61. The predicted octanol–water partition coefficient (Wildman–Crippen LogP) is 3.71. The monoisotopic (exact) mass is 505 g/mol. The van der Waals surface area contributed by atoms with Gasteiger partial charge >= 0.3 is 0 Å². The van der Waals surface area contributed by atoms with Crippen LogP contribution < -0.4 is 4.74 Å². The van der Waals surface area contributed by atoms with E-state index in [1.165, 1.54) is 0 Å². The summed E-state index contributed by atoms with van der Waals surface area (Å²) in [5.74, 6) is 0.502. The second-order valence-electron chi connectivity index (χ2n) is 9.22. The molecule has 1 aliphatic heterocycles. The van der Waals surface area contributed by atoms with Crippen molar-refractivity contribution in [3.8, 4) is 5.75 Å². The molecule has 1 aliphatic rings. The van der Waals surface area contributed by atoms with Crippen LogP contribution in [0.2, 0.25) is 0 Å². The van der Waals surface area contributed by atoms with Crippen molar-refractivity contribution in [2.75, 3.05) is 13.7 Å². The van der Waals surface area contributed by atoms with Crippen LogP contribution in [0.5, 0.6) is 5.75 Å². The highest BCUT2D eigenvalue weighted by molar-refractivity contribution is 5.85. The number of rotatable bonds is 13. The fraction of sp³-hybridized carbons (Fsp3) is 0.367. The molecule has 1 saturated heterocycles. The average molecular weight is 506 g/mol. The summed E-state index contributed by atoms with van der Waals surface area (Å²) < 4.78 is 17.8. The molecule has 0 aliphatic carbocycles. The lowest BCUT2D eigenvalue weighted by molar-refractivity contribution is -0.142. The van der Waals surface area contributed by atoms with Crippen molar-refractivity contribution in [1.29, 1.82) is 0 Å². The summed E-state index contributed by atoms with van der Waals surface area (Å²) in [6.07, 6.45) is -1.70. The van der Waals surface area contributed by atoms with E-state index in [1.54, 1.807) is 12.0 Å². The Balaban J connectivity index is 1.62. The predicted molar refractivity (Wildman–Crippen MR) is 140 cm³/mol. The molecule has 0 aromatic heterocycles. The maximum Gasteiger partial charge on any atom is 0.255 e. The normalized spacial score (nSPS) is 20.2. The Hall–Kier alpha value is -3.23. The van der Waals surface area contributed by atoms with E-state index in [4.69, 9.17) is 14.2 Å². The zero-order valence-corrected chi connectivity index (χ0v) is 21.1. The molecule has 0 unspecified atom stereocenters. The highest BCUT2D eigenvalue weighted by atomic mass is 16.5. The molecule has 0 saturated carbocycles. The van der Waals surface area contributed by atoms with Crippen LogP contribution in [0.1, 0.15) is 29.5 Å². The van der Waals surface area contributed by atoms with Gasteiger partial charge in [-0.3, -0.25) is 4.79 Å². The maximum absolute atomic E-state index is 13.8. The Morgan fingerprint density at radius 1 is 0.838 bits per heavy atom. The van der Waals surface area contributed by atoms with Gasteiger partial charge in [0, 0.05) is 13.2 Å². The van der Waals surface area contributed by atoms with Crippen LogP contribution in [0.15, 0.2) is 84.9 Å². The summed E-state index contributed by atoms with van der Waals surface area (Å²) in [6.45, 7) is 0.779. The molecule has 1 heterocycles. The fourth-order valence-electron chi connectivity index (χ4n) is 4.70. The lowest BCUT2D eigenvalue weighted by Gasteiger charge is -2.32. The second kappa shape index (κ2) is 13.4. The Bertz CT molecular complexity index is 1090. The number of aliphatic hydroxyl groups is 2. The molecule has 0 spiro atoms. The number of hydrogen-bond acceptors (Lipinski definition) is 6. The number of hydrogen-bond donors (Lipinski definition) is 2. The van der Waals surface area contributed by atoms with Gasteiger partial charge in [0.1, 0.15) is 11.9 Å². The molecule has 2 N–H and O–H groups in total. The number of ether oxygens (including phenoxy) is 3. The molecule has 4 atom stereocenters. The van der Waals surface area contributed by atoms with Gasteiger partial charge in [-0.05, 0) is 41.7 Å². The first-order valence-electron chi connectivity index (χ1n) is 12.6. The van der Waals surface area contributed by atoms with Crippen molar-refractivity contribution in [2.45, 2.75) is 57.0 Å². The maximum atomic E-state index is 13.8. The molecule has 3 aromatic carbocycles. The third-order valence-electron chi connectivity index (χ3n) is 6.64. The third kappa shape index (κ3) is 6.96. The number of methoxy groups -OCH3 is 1. The number of benzene rings is 3. The van der Waals surface area contributed by atoms with Crippen LogP contribution in [0.3, 0.4) is 0 Å². The first-order chi connectivity index (χ1) is 18.1. The second-order valence-corrected chi connectivity index (χ2v) is 9.22. The van der Waals surface area contributed by atoms with Crippen LogP contribution in [0.25, 0.3) is 0 Å². The van der Waals surface area contributed by atoms with Gasteiger partial charge in [0.15, 0.2) is 6.10 Å². The molecule has 1 fully saturated rings. The van der Waals surface area contributed by atoms with Gasteiger partial charge in [-0.2, -0.15) is 0 Å². The van der Waals surface area contributed by atoms with Crippen molar-refractivity contribution in [1.82, 2.24) is 4.90 Å². The molecule has 4 rings (SSSR count). The van der Waals surface area contributed by atoms with Crippen LogP contribution >= 0.6 is 0 Å². The Morgan fingerprint density at radius 2 is 1.43 bits per heavy atom.